The third-order valence-electron chi connectivity index (χ3n) is 4.04. The van der Waals surface area contributed by atoms with E-state index in [4.69, 9.17) is 17.3 Å². The largest absolute Gasteiger partial charge is 0.478 e. The number of carboxylic acids is 1. The normalized spacial score (nSPS) is 16.3. The first kappa shape index (κ1) is 21.1. The highest BCUT2D eigenvalue weighted by atomic mass is 32.2. The summed E-state index contributed by atoms with van der Waals surface area (Å²) in [6.07, 6.45) is 12.0. The Bertz CT molecular complexity index is 792. The Morgan fingerprint density at radius 2 is 1.74 bits per heavy atom. The molecule has 1 fully saturated rings. The second-order valence-corrected chi connectivity index (χ2v) is 7.87. The molecule has 0 spiro atoms. The number of benzene rings is 1. The number of thiocarbonyl (C=S) groups is 1. The van der Waals surface area contributed by atoms with Crippen LogP contribution in [0, 0.1) is 0 Å². The van der Waals surface area contributed by atoms with Crippen molar-refractivity contribution in [3.05, 3.63) is 58.0 Å². The molecule has 2 N–H and O–H groups in total. The molecule has 1 aliphatic rings. The number of carbonyl (C=O) groups is 2. The molecule has 2 rings (SSSR count). The van der Waals surface area contributed by atoms with Crippen molar-refractivity contribution in [2.75, 3.05) is 0 Å². The lowest BCUT2D eigenvalue weighted by molar-refractivity contribution is -0.131. The smallest absolute Gasteiger partial charge is 0.328 e. The predicted molar refractivity (Wildman–Crippen MR) is 116 cm³/mol. The average Bonchev–Trinajstić information content (AvgIpc) is 2.98. The topological polar surface area (TPSA) is 66.4 Å². The van der Waals surface area contributed by atoms with Crippen LogP contribution in [0.25, 0.3) is 12.2 Å². The van der Waals surface area contributed by atoms with Gasteiger partial charge in [0.25, 0.3) is 5.91 Å². The van der Waals surface area contributed by atoms with Crippen molar-refractivity contribution in [2.45, 2.75) is 39.0 Å². The Hall–Kier alpha value is -2.18. The minimum absolute atomic E-state index is 0.116. The maximum Gasteiger partial charge on any atom is 0.328 e. The van der Waals surface area contributed by atoms with Crippen LogP contribution in [0.2, 0.25) is 0 Å². The van der Waals surface area contributed by atoms with Crippen LogP contribution < -0.4 is 5.32 Å². The molecule has 0 saturated carbocycles. The molecule has 1 aromatic rings. The van der Waals surface area contributed by atoms with E-state index < -0.39 is 5.97 Å². The molecule has 0 bridgehead atoms. The standard InChI is InChI=1S/C21H23NO3S2/c1-2-3-4-5-6-17(19-20(25)22-21(26)27-19)13-11-15-7-9-16(10-8-15)12-14-18(23)24/h7-14H,2-6H2,1H3,(H,23,24)(H,22,25,26)/b13-11+,14-12+,19-17+. The summed E-state index contributed by atoms with van der Waals surface area (Å²) in [5, 5.41) is 11.4. The molecule has 142 valence electrons. The highest BCUT2D eigenvalue weighted by Crippen LogP contribution is 2.30. The number of aliphatic carboxylic acids is 1. The summed E-state index contributed by atoms with van der Waals surface area (Å²) in [5.41, 5.74) is 2.81. The highest BCUT2D eigenvalue weighted by Gasteiger charge is 2.24. The molecular weight excluding hydrogens is 378 g/mol. The van der Waals surface area contributed by atoms with Gasteiger partial charge in [-0.1, -0.05) is 86.6 Å². The molecule has 1 heterocycles. The van der Waals surface area contributed by atoms with E-state index in [2.05, 4.69) is 12.2 Å². The number of amides is 1. The number of hydrogen-bond acceptors (Lipinski definition) is 4. The first-order chi connectivity index (χ1) is 13.0. The molecule has 4 nitrogen and oxygen atoms in total. The minimum atomic E-state index is -0.969. The van der Waals surface area contributed by atoms with Crippen molar-refractivity contribution in [3.8, 4) is 0 Å². The molecule has 1 amide bonds. The Morgan fingerprint density at radius 1 is 1.11 bits per heavy atom. The van der Waals surface area contributed by atoms with Gasteiger partial charge < -0.3 is 10.4 Å². The van der Waals surface area contributed by atoms with Gasteiger partial charge in [-0.25, -0.2) is 4.79 Å². The van der Waals surface area contributed by atoms with E-state index in [-0.39, 0.29) is 5.91 Å². The van der Waals surface area contributed by atoms with Crippen molar-refractivity contribution in [1.29, 1.82) is 0 Å². The number of rotatable bonds is 9. The van der Waals surface area contributed by atoms with Crippen molar-refractivity contribution in [1.82, 2.24) is 5.32 Å². The summed E-state index contributed by atoms with van der Waals surface area (Å²) in [4.78, 5) is 23.4. The SMILES string of the molecule is CCCCCCC(/C=C/c1ccc(/C=C/C(=O)O)cc1)=C1\SC(=S)NC1=O. The van der Waals surface area contributed by atoms with Gasteiger partial charge in [0.2, 0.25) is 0 Å². The van der Waals surface area contributed by atoms with Crippen LogP contribution in [0.3, 0.4) is 0 Å². The van der Waals surface area contributed by atoms with Crippen LogP contribution in [-0.2, 0) is 9.59 Å². The zero-order chi connectivity index (χ0) is 19.6. The van der Waals surface area contributed by atoms with E-state index in [9.17, 15) is 9.59 Å². The minimum Gasteiger partial charge on any atom is -0.478 e. The van der Waals surface area contributed by atoms with Crippen molar-refractivity contribution in [3.63, 3.8) is 0 Å². The maximum atomic E-state index is 12.1. The molecule has 0 atom stereocenters. The van der Waals surface area contributed by atoms with E-state index in [1.165, 1.54) is 24.6 Å². The van der Waals surface area contributed by atoms with E-state index in [1.807, 2.05) is 36.4 Å². The van der Waals surface area contributed by atoms with Crippen molar-refractivity contribution in [2.24, 2.45) is 0 Å². The van der Waals surface area contributed by atoms with Crippen LogP contribution in [0.1, 0.15) is 50.2 Å². The van der Waals surface area contributed by atoms with Gasteiger partial charge >= 0.3 is 5.97 Å². The molecule has 0 aromatic heterocycles. The summed E-state index contributed by atoms with van der Waals surface area (Å²) in [7, 11) is 0. The molecule has 27 heavy (non-hydrogen) atoms. The molecular formula is C21H23NO3S2. The third-order valence-corrected chi connectivity index (χ3v) is 5.33. The van der Waals surface area contributed by atoms with Gasteiger partial charge in [0.05, 0.1) is 4.91 Å². The van der Waals surface area contributed by atoms with Gasteiger partial charge in [0.1, 0.15) is 4.32 Å². The van der Waals surface area contributed by atoms with Crippen LogP contribution in [0.5, 0.6) is 0 Å². The second kappa shape index (κ2) is 10.8. The summed E-state index contributed by atoms with van der Waals surface area (Å²) >= 11 is 6.43. The molecule has 0 unspecified atom stereocenters. The number of carbonyl (C=O) groups excluding carboxylic acids is 1. The van der Waals surface area contributed by atoms with Gasteiger partial charge in [0, 0.05) is 6.08 Å². The maximum absolute atomic E-state index is 12.1. The van der Waals surface area contributed by atoms with Crippen LogP contribution in [0.15, 0.2) is 46.9 Å². The number of carboxylic acid groups (broad SMARTS) is 1. The molecule has 1 aliphatic heterocycles. The summed E-state index contributed by atoms with van der Waals surface area (Å²) in [5.74, 6) is -1.09. The zero-order valence-corrected chi connectivity index (χ0v) is 16.9. The van der Waals surface area contributed by atoms with E-state index in [1.54, 1.807) is 6.08 Å². The van der Waals surface area contributed by atoms with Gasteiger partial charge in [0.15, 0.2) is 0 Å². The molecule has 6 heteroatoms. The lowest BCUT2D eigenvalue weighted by Crippen LogP contribution is -2.18. The molecule has 0 radical (unpaired) electrons. The zero-order valence-electron chi connectivity index (χ0n) is 15.2. The lowest BCUT2D eigenvalue weighted by Gasteiger charge is -2.05. The number of allylic oxidation sites excluding steroid dienone is 2. The monoisotopic (exact) mass is 401 g/mol. The van der Waals surface area contributed by atoms with Gasteiger partial charge in [-0.15, -0.1) is 0 Å². The van der Waals surface area contributed by atoms with E-state index in [0.29, 0.717) is 9.23 Å². The highest BCUT2D eigenvalue weighted by molar-refractivity contribution is 8.26. The quantitative estimate of drug-likeness (QED) is 0.339. The first-order valence-electron chi connectivity index (χ1n) is 8.95. The fourth-order valence-corrected chi connectivity index (χ4v) is 3.74. The predicted octanol–water partition coefficient (Wildman–Crippen LogP) is 5.17. The van der Waals surface area contributed by atoms with Gasteiger partial charge in [-0.2, -0.15) is 0 Å². The van der Waals surface area contributed by atoms with Gasteiger partial charge in [-0.05, 0) is 35.6 Å². The number of hydrogen-bond donors (Lipinski definition) is 2. The van der Waals surface area contributed by atoms with Crippen molar-refractivity contribution >= 4 is 52.3 Å². The molecule has 1 saturated heterocycles. The third kappa shape index (κ3) is 7.15. The fourth-order valence-electron chi connectivity index (χ4n) is 2.62. The summed E-state index contributed by atoms with van der Waals surface area (Å²) < 4.78 is 0.504. The average molecular weight is 402 g/mol. The van der Waals surface area contributed by atoms with E-state index >= 15 is 0 Å². The van der Waals surface area contributed by atoms with Crippen molar-refractivity contribution < 1.29 is 14.7 Å². The summed E-state index contributed by atoms with van der Waals surface area (Å²) in [6, 6.07) is 7.56. The van der Waals surface area contributed by atoms with Crippen LogP contribution in [-0.4, -0.2) is 21.3 Å². The Balaban J connectivity index is 2.14. The number of thioether (sulfide) groups is 1. The number of unbranched alkanes of at least 4 members (excludes halogenated alkanes) is 3. The first-order valence-corrected chi connectivity index (χ1v) is 10.2. The Labute approximate surface area is 169 Å². The second-order valence-electron chi connectivity index (χ2n) is 6.18. The summed E-state index contributed by atoms with van der Waals surface area (Å²) in [6.45, 7) is 2.17. The lowest BCUT2D eigenvalue weighted by atomic mass is 10.0. The van der Waals surface area contributed by atoms with E-state index in [0.717, 1.165) is 42.0 Å². The fraction of sp³-hybridized carbons (Fsp3) is 0.286. The molecule has 1 aromatic carbocycles. The van der Waals surface area contributed by atoms with Crippen LogP contribution in [0.4, 0.5) is 0 Å². The molecule has 0 aliphatic carbocycles. The van der Waals surface area contributed by atoms with Crippen LogP contribution >= 0.6 is 24.0 Å². The Kier molecular flexibility index (Phi) is 8.48. The van der Waals surface area contributed by atoms with Gasteiger partial charge in [-0.3, -0.25) is 4.79 Å². The Morgan fingerprint density at radius 3 is 2.26 bits per heavy atom. The number of nitrogens with one attached hydrogen (secondary N) is 1.